The third kappa shape index (κ3) is 3.17. The Bertz CT molecular complexity index is 231. The molecule has 2 nitrogen and oxygen atoms in total. The SMILES string of the molecule is CN(C)C(CN)Cc1ccccc1. The minimum atomic E-state index is 0.447. The van der Waals surface area contributed by atoms with E-state index < -0.39 is 0 Å². The third-order valence-corrected chi connectivity index (χ3v) is 2.32. The van der Waals surface area contributed by atoms with Gasteiger partial charge in [0.1, 0.15) is 0 Å². The van der Waals surface area contributed by atoms with Crippen LogP contribution in [-0.4, -0.2) is 31.6 Å². The highest BCUT2D eigenvalue weighted by atomic mass is 15.1. The second-order valence-corrected chi connectivity index (χ2v) is 3.54. The van der Waals surface area contributed by atoms with E-state index in [0.29, 0.717) is 12.6 Å². The molecule has 0 bridgehead atoms. The van der Waals surface area contributed by atoms with Crippen LogP contribution in [0.1, 0.15) is 5.56 Å². The molecule has 2 N–H and O–H groups in total. The van der Waals surface area contributed by atoms with E-state index in [1.54, 1.807) is 0 Å². The topological polar surface area (TPSA) is 29.3 Å². The summed E-state index contributed by atoms with van der Waals surface area (Å²) in [5.41, 5.74) is 7.03. The molecule has 1 aromatic carbocycles. The molecule has 0 amide bonds. The summed E-state index contributed by atoms with van der Waals surface area (Å²) < 4.78 is 0. The molecule has 1 rings (SSSR count). The molecule has 13 heavy (non-hydrogen) atoms. The van der Waals surface area contributed by atoms with Gasteiger partial charge in [0.05, 0.1) is 0 Å². The van der Waals surface area contributed by atoms with Gasteiger partial charge in [0.25, 0.3) is 0 Å². The van der Waals surface area contributed by atoms with Crippen molar-refractivity contribution in [1.82, 2.24) is 4.90 Å². The largest absolute Gasteiger partial charge is 0.329 e. The first-order chi connectivity index (χ1) is 6.24. The van der Waals surface area contributed by atoms with E-state index in [-0.39, 0.29) is 0 Å². The molecule has 0 aromatic heterocycles. The number of benzene rings is 1. The fourth-order valence-corrected chi connectivity index (χ4v) is 1.36. The van der Waals surface area contributed by atoms with Crippen LogP contribution in [0.15, 0.2) is 30.3 Å². The van der Waals surface area contributed by atoms with E-state index in [1.165, 1.54) is 5.56 Å². The summed E-state index contributed by atoms with van der Waals surface area (Å²) in [5.74, 6) is 0. The average Bonchev–Trinajstić information content (AvgIpc) is 2.15. The second kappa shape index (κ2) is 5.00. The molecule has 2 heteroatoms. The van der Waals surface area contributed by atoms with Gasteiger partial charge in [-0.1, -0.05) is 30.3 Å². The molecule has 0 spiro atoms. The predicted molar refractivity (Wildman–Crippen MR) is 56.7 cm³/mol. The Morgan fingerprint density at radius 2 is 1.85 bits per heavy atom. The van der Waals surface area contributed by atoms with Gasteiger partial charge in [0.15, 0.2) is 0 Å². The summed E-state index contributed by atoms with van der Waals surface area (Å²) in [7, 11) is 4.14. The Kier molecular flexibility index (Phi) is 3.93. The van der Waals surface area contributed by atoms with Crippen molar-refractivity contribution >= 4 is 0 Å². The zero-order valence-corrected chi connectivity index (χ0v) is 8.40. The van der Waals surface area contributed by atoms with Crippen LogP contribution in [0.4, 0.5) is 0 Å². The quantitative estimate of drug-likeness (QED) is 0.748. The van der Waals surface area contributed by atoms with Gasteiger partial charge in [0, 0.05) is 12.6 Å². The molecular formula is C11H18N2. The first-order valence-corrected chi connectivity index (χ1v) is 4.64. The van der Waals surface area contributed by atoms with E-state index >= 15 is 0 Å². The summed E-state index contributed by atoms with van der Waals surface area (Å²) in [6.45, 7) is 0.710. The maximum absolute atomic E-state index is 5.68. The van der Waals surface area contributed by atoms with E-state index in [9.17, 15) is 0 Å². The molecule has 0 heterocycles. The predicted octanol–water partition coefficient (Wildman–Crippen LogP) is 1.12. The lowest BCUT2D eigenvalue weighted by Crippen LogP contribution is -2.36. The van der Waals surface area contributed by atoms with Crippen LogP contribution in [-0.2, 0) is 6.42 Å². The summed E-state index contributed by atoms with van der Waals surface area (Å²) in [6, 6.07) is 10.9. The molecule has 0 aliphatic carbocycles. The molecule has 0 saturated heterocycles. The van der Waals surface area contributed by atoms with Crippen molar-refractivity contribution in [3.8, 4) is 0 Å². The molecule has 0 radical (unpaired) electrons. The minimum Gasteiger partial charge on any atom is -0.329 e. The van der Waals surface area contributed by atoms with Crippen LogP contribution in [0.5, 0.6) is 0 Å². The lowest BCUT2D eigenvalue weighted by atomic mass is 10.1. The van der Waals surface area contributed by atoms with Gasteiger partial charge in [-0.25, -0.2) is 0 Å². The molecular weight excluding hydrogens is 160 g/mol. The fourth-order valence-electron chi connectivity index (χ4n) is 1.36. The smallest absolute Gasteiger partial charge is 0.0252 e. The zero-order valence-electron chi connectivity index (χ0n) is 8.40. The molecule has 0 saturated carbocycles. The van der Waals surface area contributed by atoms with Crippen molar-refractivity contribution in [1.29, 1.82) is 0 Å². The van der Waals surface area contributed by atoms with Crippen LogP contribution >= 0.6 is 0 Å². The number of rotatable bonds is 4. The monoisotopic (exact) mass is 178 g/mol. The molecule has 0 aliphatic rings. The van der Waals surface area contributed by atoms with Gasteiger partial charge in [-0.05, 0) is 26.1 Å². The number of likely N-dealkylation sites (N-methyl/N-ethyl adjacent to an activating group) is 1. The first kappa shape index (κ1) is 10.2. The van der Waals surface area contributed by atoms with Crippen LogP contribution in [0.3, 0.4) is 0 Å². The summed E-state index contributed by atoms with van der Waals surface area (Å²) in [4.78, 5) is 2.17. The van der Waals surface area contributed by atoms with Gasteiger partial charge in [-0.2, -0.15) is 0 Å². The van der Waals surface area contributed by atoms with Gasteiger partial charge in [0.2, 0.25) is 0 Å². The van der Waals surface area contributed by atoms with Crippen molar-refractivity contribution in [3.05, 3.63) is 35.9 Å². The minimum absolute atomic E-state index is 0.447. The fraction of sp³-hybridized carbons (Fsp3) is 0.455. The van der Waals surface area contributed by atoms with E-state index in [0.717, 1.165) is 6.42 Å². The molecule has 0 aliphatic heterocycles. The second-order valence-electron chi connectivity index (χ2n) is 3.54. The van der Waals surface area contributed by atoms with Crippen LogP contribution in [0, 0.1) is 0 Å². The van der Waals surface area contributed by atoms with Crippen LogP contribution in [0.2, 0.25) is 0 Å². The van der Waals surface area contributed by atoms with E-state index in [1.807, 2.05) is 6.07 Å². The Morgan fingerprint density at radius 3 is 2.31 bits per heavy atom. The van der Waals surface area contributed by atoms with E-state index in [2.05, 4.69) is 43.3 Å². The lowest BCUT2D eigenvalue weighted by Gasteiger charge is -2.22. The first-order valence-electron chi connectivity index (χ1n) is 4.64. The highest BCUT2D eigenvalue weighted by Crippen LogP contribution is 2.05. The zero-order chi connectivity index (χ0) is 9.68. The van der Waals surface area contributed by atoms with Gasteiger partial charge >= 0.3 is 0 Å². The van der Waals surface area contributed by atoms with Crippen LogP contribution < -0.4 is 5.73 Å². The van der Waals surface area contributed by atoms with Crippen LogP contribution in [0.25, 0.3) is 0 Å². The molecule has 1 aromatic rings. The highest BCUT2D eigenvalue weighted by Gasteiger charge is 2.08. The number of hydrogen-bond donors (Lipinski definition) is 1. The van der Waals surface area contributed by atoms with Crippen molar-refractivity contribution in [3.63, 3.8) is 0 Å². The lowest BCUT2D eigenvalue weighted by molar-refractivity contribution is 0.298. The Labute approximate surface area is 80.4 Å². The Hall–Kier alpha value is -0.860. The van der Waals surface area contributed by atoms with Crippen molar-refractivity contribution in [2.45, 2.75) is 12.5 Å². The Balaban J connectivity index is 2.57. The van der Waals surface area contributed by atoms with Crippen molar-refractivity contribution in [2.75, 3.05) is 20.6 Å². The van der Waals surface area contributed by atoms with E-state index in [4.69, 9.17) is 5.73 Å². The van der Waals surface area contributed by atoms with Crippen molar-refractivity contribution < 1.29 is 0 Å². The maximum Gasteiger partial charge on any atom is 0.0252 e. The number of nitrogens with zero attached hydrogens (tertiary/aromatic N) is 1. The highest BCUT2D eigenvalue weighted by molar-refractivity contribution is 5.15. The molecule has 1 unspecified atom stereocenters. The number of hydrogen-bond acceptors (Lipinski definition) is 2. The Morgan fingerprint density at radius 1 is 1.23 bits per heavy atom. The van der Waals surface area contributed by atoms with Crippen molar-refractivity contribution in [2.24, 2.45) is 5.73 Å². The maximum atomic E-state index is 5.68. The normalized spacial score (nSPS) is 13.2. The average molecular weight is 178 g/mol. The molecule has 0 fully saturated rings. The number of nitrogens with two attached hydrogens (primary N) is 1. The van der Waals surface area contributed by atoms with Gasteiger partial charge in [-0.15, -0.1) is 0 Å². The summed E-state index contributed by atoms with van der Waals surface area (Å²) in [6.07, 6.45) is 1.03. The molecule has 72 valence electrons. The summed E-state index contributed by atoms with van der Waals surface area (Å²) in [5, 5.41) is 0. The summed E-state index contributed by atoms with van der Waals surface area (Å²) >= 11 is 0. The standard InChI is InChI=1S/C11H18N2/c1-13(2)11(9-12)8-10-6-4-3-5-7-10/h3-7,11H,8-9,12H2,1-2H3. The third-order valence-electron chi connectivity index (χ3n) is 2.32. The molecule has 1 atom stereocenters. The van der Waals surface area contributed by atoms with Gasteiger partial charge in [-0.3, -0.25) is 0 Å². The van der Waals surface area contributed by atoms with Gasteiger partial charge < -0.3 is 10.6 Å².